The summed E-state index contributed by atoms with van der Waals surface area (Å²) in [5.74, 6) is -0.920. The highest BCUT2D eigenvalue weighted by molar-refractivity contribution is 7.99. The van der Waals surface area contributed by atoms with Crippen molar-refractivity contribution in [1.82, 2.24) is 20.2 Å². The van der Waals surface area contributed by atoms with Gasteiger partial charge >= 0.3 is 0 Å². The second kappa shape index (κ2) is 8.06. The SMILES string of the molecule is Cc1cc(C)c(-n2nnnc2SCC(=O)Nc2ccc(Cl)cc2F)c(C)c1. The molecule has 140 valence electrons. The number of benzene rings is 2. The van der Waals surface area contributed by atoms with Crippen molar-refractivity contribution >= 4 is 35.0 Å². The van der Waals surface area contributed by atoms with Crippen molar-refractivity contribution in [3.63, 3.8) is 0 Å². The number of carbonyl (C=O) groups excluding carboxylic acids is 1. The van der Waals surface area contributed by atoms with Crippen LogP contribution in [0.2, 0.25) is 5.02 Å². The minimum atomic E-state index is -0.586. The number of halogens is 2. The van der Waals surface area contributed by atoms with Gasteiger partial charge in [0, 0.05) is 5.02 Å². The lowest BCUT2D eigenvalue weighted by molar-refractivity contribution is -0.113. The van der Waals surface area contributed by atoms with E-state index in [1.807, 2.05) is 20.8 Å². The number of hydrogen-bond donors (Lipinski definition) is 1. The molecule has 3 rings (SSSR count). The first-order valence-corrected chi connectivity index (χ1v) is 9.46. The summed E-state index contributed by atoms with van der Waals surface area (Å²) in [7, 11) is 0. The third-order valence-electron chi connectivity index (χ3n) is 3.83. The van der Waals surface area contributed by atoms with Crippen molar-refractivity contribution in [2.45, 2.75) is 25.9 Å². The van der Waals surface area contributed by atoms with Crippen LogP contribution in [0.4, 0.5) is 10.1 Å². The molecule has 0 radical (unpaired) electrons. The number of carbonyl (C=O) groups is 1. The quantitative estimate of drug-likeness (QED) is 0.646. The van der Waals surface area contributed by atoms with E-state index < -0.39 is 5.82 Å². The van der Waals surface area contributed by atoms with E-state index in [-0.39, 0.29) is 22.4 Å². The molecule has 1 heterocycles. The molecule has 0 bridgehead atoms. The summed E-state index contributed by atoms with van der Waals surface area (Å²) in [6, 6.07) is 8.18. The molecule has 0 saturated carbocycles. The average Bonchev–Trinajstić information content (AvgIpc) is 3.03. The topological polar surface area (TPSA) is 72.7 Å². The first-order chi connectivity index (χ1) is 12.8. The van der Waals surface area contributed by atoms with Crippen LogP contribution < -0.4 is 5.32 Å². The third kappa shape index (κ3) is 4.45. The summed E-state index contributed by atoms with van der Waals surface area (Å²) < 4.78 is 15.4. The largest absolute Gasteiger partial charge is 0.323 e. The van der Waals surface area contributed by atoms with Gasteiger partial charge < -0.3 is 5.32 Å². The smallest absolute Gasteiger partial charge is 0.234 e. The summed E-state index contributed by atoms with van der Waals surface area (Å²) in [6.45, 7) is 6.00. The number of aryl methyl sites for hydroxylation is 3. The Bertz CT molecular complexity index is 984. The molecule has 0 unspecified atom stereocenters. The van der Waals surface area contributed by atoms with Crippen LogP contribution in [0.3, 0.4) is 0 Å². The van der Waals surface area contributed by atoms with Gasteiger partial charge in [-0.25, -0.2) is 4.39 Å². The molecule has 27 heavy (non-hydrogen) atoms. The molecule has 1 N–H and O–H groups in total. The Morgan fingerprint density at radius 3 is 2.59 bits per heavy atom. The van der Waals surface area contributed by atoms with Crippen LogP contribution in [0, 0.1) is 26.6 Å². The molecule has 3 aromatic rings. The molecule has 9 heteroatoms. The number of amides is 1. The van der Waals surface area contributed by atoms with E-state index >= 15 is 0 Å². The monoisotopic (exact) mass is 405 g/mol. The molecule has 0 aliphatic rings. The van der Waals surface area contributed by atoms with Crippen molar-refractivity contribution in [2.75, 3.05) is 11.1 Å². The molecule has 6 nitrogen and oxygen atoms in total. The van der Waals surface area contributed by atoms with Crippen molar-refractivity contribution in [1.29, 1.82) is 0 Å². The zero-order valence-corrected chi connectivity index (χ0v) is 16.5. The maximum Gasteiger partial charge on any atom is 0.234 e. The van der Waals surface area contributed by atoms with E-state index in [4.69, 9.17) is 11.6 Å². The lowest BCUT2D eigenvalue weighted by Gasteiger charge is -2.12. The van der Waals surface area contributed by atoms with Crippen LogP contribution in [-0.2, 0) is 4.79 Å². The number of thioether (sulfide) groups is 1. The Kier molecular flexibility index (Phi) is 5.76. The Balaban J connectivity index is 1.73. The average molecular weight is 406 g/mol. The van der Waals surface area contributed by atoms with Crippen molar-refractivity contribution in [3.8, 4) is 5.69 Å². The van der Waals surface area contributed by atoms with Gasteiger partial charge in [-0.2, -0.15) is 4.68 Å². The molecule has 0 fully saturated rings. The van der Waals surface area contributed by atoms with Gasteiger partial charge in [0.1, 0.15) is 5.82 Å². The zero-order chi connectivity index (χ0) is 19.6. The second-order valence-electron chi connectivity index (χ2n) is 6.08. The van der Waals surface area contributed by atoms with E-state index in [1.165, 1.54) is 23.9 Å². The lowest BCUT2D eigenvalue weighted by Crippen LogP contribution is -2.15. The molecule has 0 atom stereocenters. The van der Waals surface area contributed by atoms with E-state index in [1.54, 1.807) is 4.68 Å². The first kappa shape index (κ1) is 19.3. The number of hydrogen-bond acceptors (Lipinski definition) is 5. The van der Waals surface area contributed by atoms with Crippen molar-refractivity contribution in [3.05, 3.63) is 57.9 Å². The van der Waals surface area contributed by atoms with Gasteiger partial charge in [0.05, 0.1) is 17.1 Å². The highest BCUT2D eigenvalue weighted by Gasteiger charge is 2.16. The van der Waals surface area contributed by atoms with Gasteiger partial charge in [-0.15, -0.1) is 5.10 Å². The summed E-state index contributed by atoms with van der Waals surface area (Å²) in [4.78, 5) is 12.2. The number of anilines is 1. The highest BCUT2D eigenvalue weighted by atomic mass is 35.5. The minimum absolute atomic E-state index is 0.0341. The molecule has 0 spiro atoms. The Labute approximate surface area is 165 Å². The van der Waals surface area contributed by atoms with E-state index in [2.05, 4.69) is 33.0 Å². The van der Waals surface area contributed by atoms with Crippen LogP contribution in [0.25, 0.3) is 5.69 Å². The number of nitrogens with one attached hydrogen (secondary N) is 1. The van der Waals surface area contributed by atoms with Gasteiger partial charge in [-0.1, -0.05) is 41.1 Å². The molecule has 0 saturated heterocycles. The fourth-order valence-electron chi connectivity index (χ4n) is 2.82. The van der Waals surface area contributed by atoms with Crippen LogP contribution in [-0.4, -0.2) is 31.9 Å². The predicted molar refractivity (Wildman–Crippen MR) is 104 cm³/mol. The van der Waals surface area contributed by atoms with E-state index in [0.717, 1.165) is 28.4 Å². The molecule has 0 aliphatic carbocycles. The zero-order valence-electron chi connectivity index (χ0n) is 15.0. The van der Waals surface area contributed by atoms with Crippen molar-refractivity contribution in [2.24, 2.45) is 0 Å². The predicted octanol–water partition coefficient (Wildman–Crippen LogP) is 4.11. The van der Waals surface area contributed by atoms with E-state index in [0.29, 0.717) is 5.16 Å². The standard InChI is InChI=1S/C18H17ClFN5OS/c1-10-6-11(2)17(12(3)7-10)25-18(22-23-24-25)27-9-16(26)21-15-5-4-13(19)8-14(15)20/h4-8H,9H2,1-3H3,(H,21,26). The fraction of sp³-hybridized carbons (Fsp3) is 0.222. The van der Waals surface area contributed by atoms with Gasteiger partial charge in [0.25, 0.3) is 0 Å². The molecule has 1 aromatic heterocycles. The Morgan fingerprint density at radius 1 is 1.22 bits per heavy atom. The summed E-state index contributed by atoms with van der Waals surface area (Å²) in [6.07, 6.45) is 0. The van der Waals surface area contributed by atoms with Gasteiger partial charge in [0.15, 0.2) is 0 Å². The fourth-order valence-corrected chi connectivity index (χ4v) is 3.66. The number of tetrazole rings is 1. The van der Waals surface area contributed by atoms with Gasteiger partial charge in [-0.3, -0.25) is 4.79 Å². The van der Waals surface area contributed by atoms with Crippen LogP contribution in [0.15, 0.2) is 35.5 Å². The Hall–Kier alpha value is -2.45. The normalized spacial score (nSPS) is 10.9. The first-order valence-electron chi connectivity index (χ1n) is 8.09. The maximum atomic E-state index is 13.8. The van der Waals surface area contributed by atoms with Crippen LogP contribution in [0.5, 0.6) is 0 Å². The number of nitrogens with zero attached hydrogens (tertiary/aromatic N) is 4. The molecular weight excluding hydrogens is 389 g/mol. The molecule has 1 amide bonds. The second-order valence-corrected chi connectivity index (χ2v) is 7.46. The number of rotatable bonds is 5. The lowest BCUT2D eigenvalue weighted by atomic mass is 10.1. The van der Waals surface area contributed by atoms with Crippen molar-refractivity contribution < 1.29 is 9.18 Å². The molecule has 2 aromatic carbocycles. The van der Waals surface area contributed by atoms with Gasteiger partial charge in [-0.05, 0) is 60.5 Å². The minimum Gasteiger partial charge on any atom is -0.323 e. The van der Waals surface area contributed by atoms with E-state index in [9.17, 15) is 9.18 Å². The van der Waals surface area contributed by atoms with Crippen LogP contribution >= 0.6 is 23.4 Å². The maximum absolute atomic E-state index is 13.8. The highest BCUT2D eigenvalue weighted by Crippen LogP contribution is 2.25. The van der Waals surface area contributed by atoms with Gasteiger partial charge in [0.2, 0.25) is 11.1 Å². The Morgan fingerprint density at radius 2 is 1.93 bits per heavy atom. The molecular formula is C18H17ClFN5OS. The third-order valence-corrected chi connectivity index (χ3v) is 4.98. The number of aromatic nitrogens is 4. The summed E-state index contributed by atoms with van der Waals surface area (Å²) in [5.41, 5.74) is 4.19. The molecule has 0 aliphatic heterocycles. The summed E-state index contributed by atoms with van der Waals surface area (Å²) in [5, 5.41) is 15.0. The summed E-state index contributed by atoms with van der Waals surface area (Å²) >= 11 is 6.88. The van der Waals surface area contributed by atoms with Crippen LogP contribution in [0.1, 0.15) is 16.7 Å².